The van der Waals surface area contributed by atoms with Crippen LogP contribution >= 0.6 is 11.8 Å². The van der Waals surface area contributed by atoms with Crippen LogP contribution in [0.3, 0.4) is 0 Å². The van der Waals surface area contributed by atoms with Crippen molar-refractivity contribution in [3.63, 3.8) is 0 Å². The van der Waals surface area contributed by atoms with Crippen molar-refractivity contribution in [1.29, 1.82) is 0 Å². The minimum atomic E-state index is -1.23. The summed E-state index contributed by atoms with van der Waals surface area (Å²) < 4.78 is 0. The third kappa shape index (κ3) is 2.94. The molecule has 0 saturated carbocycles. The van der Waals surface area contributed by atoms with Crippen molar-refractivity contribution in [3.8, 4) is 12.3 Å². The van der Waals surface area contributed by atoms with Gasteiger partial charge >= 0.3 is 0 Å². The van der Waals surface area contributed by atoms with E-state index in [4.69, 9.17) is 6.42 Å². The van der Waals surface area contributed by atoms with Gasteiger partial charge in [0.25, 0.3) is 5.91 Å². The number of thioether (sulfide) groups is 1. The second kappa shape index (κ2) is 5.68. The largest absolute Gasteiger partial charge is 0.380 e. The highest BCUT2D eigenvalue weighted by Gasteiger charge is 2.39. The lowest BCUT2D eigenvalue weighted by molar-refractivity contribution is -0.137. The van der Waals surface area contributed by atoms with Crippen molar-refractivity contribution in [1.82, 2.24) is 0 Å². The lowest BCUT2D eigenvalue weighted by Crippen LogP contribution is -2.50. The van der Waals surface area contributed by atoms with Crippen LogP contribution in [0.4, 0.5) is 5.69 Å². The molecule has 1 aliphatic heterocycles. The second-order valence-corrected chi connectivity index (χ2v) is 5.93. The Bertz CT molecular complexity index is 515. The van der Waals surface area contributed by atoms with Crippen LogP contribution in [0.2, 0.25) is 0 Å². The molecule has 100 valence electrons. The zero-order valence-corrected chi connectivity index (χ0v) is 11.7. The molecule has 3 nitrogen and oxygen atoms in total. The van der Waals surface area contributed by atoms with Gasteiger partial charge in [0.2, 0.25) is 0 Å². The van der Waals surface area contributed by atoms with Crippen molar-refractivity contribution in [3.05, 3.63) is 29.8 Å². The number of likely N-dealkylation sites (N-methyl/N-ethyl adjacent to an activating group) is 1. The van der Waals surface area contributed by atoms with Gasteiger partial charge in [-0.25, -0.2) is 0 Å². The fraction of sp³-hybridized carbons (Fsp3) is 0.400. The first-order valence-corrected chi connectivity index (χ1v) is 7.37. The van der Waals surface area contributed by atoms with Gasteiger partial charge in [-0.2, -0.15) is 11.8 Å². The van der Waals surface area contributed by atoms with Crippen LogP contribution in [0.15, 0.2) is 24.3 Å². The van der Waals surface area contributed by atoms with Crippen LogP contribution in [0.1, 0.15) is 18.4 Å². The average molecular weight is 275 g/mol. The Morgan fingerprint density at radius 1 is 1.47 bits per heavy atom. The third-order valence-electron chi connectivity index (χ3n) is 3.42. The molecular formula is C15H17NO2S. The lowest BCUT2D eigenvalue weighted by Gasteiger charge is -2.34. The van der Waals surface area contributed by atoms with Crippen LogP contribution in [0.5, 0.6) is 0 Å². The number of amides is 1. The highest BCUT2D eigenvalue weighted by Crippen LogP contribution is 2.30. The van der Waals surface area contributed by atoms with Gasteiger partial charge in [-0.05, 0) is 42.5 Å². The van der Waals surface area contributed by atoms with E-state index in [1.165, 1.54) is 4.90 Å². The summed E-state index contributed by atoms with van der Waals surface area (Å²) in [5.74, 6) is 3.94. The Kier molecular flexibility index (Phi) is 4.18. The van der Waals surface area contributed by atoms with Crippen LogP contribution in [0.25, 0.3) is 0 Å². The van der Waals surface area contributed by atoms with Crippen molar-refractivity contribution in [2.24, 2.45) is 0 Å². The Balaban J connectivity index is 2.20. The Morgan fingerprint density at radius 2 is 2.16 bits per heavy atom. The maximum absolute atomic E-state index is 12.4. The standard InChI is InChI=1S/C15H17NO2S/c1-3-12-5-4-6-13(11-12)16(2)14(17)15(18)7-9-19-10-8-15/h1,4-6,11,18H,7-10H2,2H3. The van der Waals surface area contributed by atoms with Crippen LogP contribution < -0.4 is 4.90 Å². The van der Waals surface area contributed by atoms with Gasteiger partial charge in [0.15, 0.2) is 0 Å². The summed E-state index contributed by atoms with van der Waals surface area (Å²) in [5, 5.41) is 10.5. The molecule has 19 heavy (non-hydrogen) atoms. The first-order valence-electron chi connectivity index (χ1n) is 6.22. The highest BCUT2D eigenvalue weighted by molar-refractivity contribution is 7.99. The molecule has 1 aromatic rings. The SMILES string of the molecule is C#Cc1cccc(N(C)C(=O)C2(O)CCSCC2)c1. The second-order valence-electron chi connectivity index (χ2n) is 4.70. The number of hydrogen-bond donors (Lipinski definition) is 1. The van der Waals surface area contributed by atoms with Gasteiger partial charge in [-0.1, -0.05) is 12.0 Å². The van der Waals surface area contributed by atoms with Gasteiger partial charge in [0.05, 0.1) is 0 Å². The number of aliphatic hydroxyl groups is 1. The first kappa shape index (κ1) is 14.0. The van der Waals surface area contributed by atoms with E-state index in [0.29, 0.717) is 18.5 Å². The van der Waals surface area contributed by atoms with Gasteiger partial charge in [-0.3, -0.25) is 4.79 Å². The maximum Gasteiger partial charge on any atom is 0.258 e. The number of hydrogen-bond acceptors (Lipinski definition) is 3. The smallest absolute Gasteiger partial charge is 0.258 e. The molecule has 2 rings (SSSR count). The number of rotatable bonds is 2. The Labute approximate surface area is 118 Å². The fourth-order valence-electron chi connectivity index (χ4n) is 2.16. The minimum Gasteiger partial charge on any atom is -0.380 e. The predicted octanol–water partition coefficient (Wildman–Crippen LogP) is 1.89. The molecule has 0 atom stereocenters. The Morgan fingerprint density at radius 3 is 2.79 bits per heavy atom. The van der Waals surface area contributed by atoms with Crippen molar-refractivity contribution in [2.75, 3.05) is 23.5 Å². The fourth-order valence-corrected chi connectivity index (χ4v) is 3.32. The van der Waals surface area contributed by atoms with Crippen LogP contribution in [0, 0.1) is 12.3 Å². The summed E-state index contributed by atoms with van der Waals surface area (Å²) in [6.45, 7) is 0. The normalized spacial score (nSPS) is 17.5. The zero-order chi connectivity index (χ0) is 13.9. The molecule has 1 aromatic carbocycles. The molecule has 0 spiro atoms. The zero-order valence-electron chi connectivity index (χ0n) is 10.9. The number of benzene rings is 1. The molecular weight excluding hydrogens is 258 g/mol. The topological polar surface area (TPSA) is 40.5 Å². The predicted molar refractivity (Wildman–Crippen MR) is 79.3 cm³/mol. The van der Waals surface area contributed by atoms with E-state index < -0.39 is 5.60 Å². The summed E-state index contributed by atoms with van der Waals surface area (Å²) in [6.07, 6.45) is 6.38. The summed E-state index contributed by atoms with van der Waals surface area (Å²) in [5.41, 5.74) is 0.210. The molecule has 0 unspecified atom stereocenters. The van der Waals surface area contributed by atoms with Gasteiger partial charge in [0, 0.05) is 18.3 Å². The molecule has 0 aliphatic carbocycles. The molecule has 1 heterocycles. The van der Waals surface area contributed by atoms with E-state index in [2.05, 4.69) is 5.92 Å². The van der Waals surface area contributed by atoms with E-state index in [-0.39, 0.29) is 5.91 Å². The summed E-state index contributed by atoms with van der Waals surface area (Å²) in [7, 11) is 1.68. The third-order valence-corrected chi connectivity index (χ3v) is 4.41. The molecule has 1 fully saturated rings. The first-order chi connectivity index (χ1) is 9.07. The van der Waals surface area contributed by atoms with E-state index in [0.717, 1.165) is 17.1 Å². The molecule has 1 aliphatic rings. The molecule has 4 heteroatoms. The average Bonchev–Trinajstić information content (AvgIpc) is 2.46. The number of terminal acetylenes is 1. The van der Waals surface area contributed by atoms with E-state index in [1.807, 2.05) is 18.2 Å². The molecule has 0 aromatic heterocycles. The molecule has 0 radical (unpaired) electrons. The van der Waals surface area contributed by atoms with Crippen molar-refractivity contribution < 1.29 is 9.90 Å². The quantitative estimate of drug-likeness (QED) is 0.838. The van der Waals surface area contributed by atoms with Gasteiger partial charge in [0.1, 0.15) is 5.60 Å². The molecule has 1 N–H and O–H groups in total. The van der Waals surface area contributed by atoms with Gasteiger partial charge < -0.3 is 10.0 Å². The van der Waals surface area contributed by atoms with E-state index in [9.17, 15) is 9.90 Å². The Hall–Kier alpha value is -1.44. The van der Waals surface area contributed by atoms with Crippen LogP contribution in [-0.4, -0.2) is 35.2 Å². The van der Waals surface area contributed by atoms with E-state index >= 15 is 0 Å². The van der Waals surface area contributed by atoms with Gasteiger partial charge in [-0.15, -0.1) is 6.42 Å². The highest BCUT2D eigenvalue weighted by atomic mass is 32.2. The minimum absolute atomic E-state index is 0.248. The van der Waals surface area contributed by atoms with Crippen molar-refractivity contribution >= 4 is 23.4 Å². The number of carbonyl (C=O) groups excluding carboxylic acids is 1. The molecule has 1 amide bonds. The monoisotopic (exact) mass is 275 g/mol. The van der Waals surface area contributed by atoms with E-state index in [1.54, 1.807) is 24.9 Å². The number of carbonyl (C=O) groups is 1. The molecule has 1 saturated heterocycles. The maximum atomic E-state index is 12.4. The van der Waals surface area contributed by atoms with Crippen molar-refractivity contribution in [2.45, 2.75) is 18.4 Å². The molecule has 0 bridgehead atoms. The number of nitrogens with zero attached hydrogens (tertiary/aromatic N) is 1. The summed E-state index contributed by atoms with van der Waals surface area (Å²) in [6, 6.07) is 7.22. The number of anilines is 1. The summed E-state index contributed by atoms with van der Waals surface area (Å²) >= 11 is 1.77. The lowest BCUT2D eigenvalue weighted by atomic mass is 9.95. The summed E-state index contributed by atoms with van der Waals surface area (Å²) in [4.78, 5) is 13.9. The van der Waals surface area contributed by atoms with Crippen LogP contribution in [-0.2, 0) is 4.79 Å².